The number of aryl methyl sites for hydroxylation is 1. The summed E-state index contributed by atoms with van der Waals surface area (Å²) in [5.74, 6) is -0.0630. The van der Waals surface area contributed by atoms with E-state index in [1.165, 1.54) is 0 Å². The number of carbonyl (C=O) groups is 1. The van der Waals surface area contributed by atoms with E-state index in [2.05, 4.69) is 42.3 Å². The van der Waals surface area contributed by atoms with Crippen LogP contribution in [-0.2, 0) is 7.05 Å². The molecule has 1 aromatic heterocycles. The third-order valence-corrected chi connectivity index (χ3v) is 4.61. The molecule has 6 heteroatoms. The Hall–Kier alpha value is -0.360. The third-order valence-electron chi connectivity index (χ3n) is 2.60. The van der Waals surface area contributed by atoms with Gasteiger partial charge in [0.25, 0.3) is 5.91 Å². The minimum atomic E-state index is -0.0630. The lowest BCUT2D eigenvalue weighted by molar-refractivity contribution is 0.0935. The molecule has 2 rings (SSSR count). The molecule has 0 unspecified atom stereocenters. The fraction of sp³-hybridized carbons (Fsp3) is 0.556. The van der Waals surface area contributed by atoms with Crippen molar-refractivity contribution in [2.45, 2.75) is 18.4 Å². The van der Waals surface area contributed by atoms with Crippen molar-refractivity contribution in [1.29, 1.82) is 0 Å². The molecule has 0 saturated heterocycles. The van der Waals surface area contributed by atoms with Gasteiger partial charge in [0.1, 0.15) is 4.60 Å². The molecule has 0 radical (unpaired) electrons. The van der Waals surface area contributed by atoms with Gasteiger partial charge in [-0.3, -0.25) is 9.48 Å². The first kappa shape index (κ1) is 11.1. The number of hydrogen-bond donors (Lipinski definition) is 1. The van der Waals surface area contributed by atoms with Crippen molar-refractivity contribution in [1.82, 2.24) is 15.1 Å². The van der Waals surface area contributed by atoms with Crippen molar-refractivity contribution in [3.8, 4) is 0 Å². The number of halogens is 2. The highest BCUT2D eigenvalue weighted by atomic mass is 79.9. The van der Waals surface area contributed by atoms with Gasteiger partial charge < -0.3 is 5.32 Å². The zero-order valence-corrected chi connectivity index (χ0v) is 11.4. The summed E-state index contributed by atoms with van der Waals surface area (Å²) in [4.78, 5) is 11.9. The van der Waals surface area contributed by atoms with Crippen LogP contribution in [0.5, 0.6) is 0 Å². The Morgan fingerprint density at radius 3 is 2.80 bits per heavy atom. The molecule has 1 heterocycles. The summed E-state index contributed by atoms with van der Waals surface area (Å²) >= 11 is 6.74. The van der Waals surface area contributed by atoms with Crippen LogP contribution in [0.3, 0.4) is 0 Å². The maximum atomic E-state index is 11.9. The average molecular weight is 337 g/mol. The van der Waals surface area contributed by atoms with Gasteiger partial charge in [-0.25, -0.2) is 0 Å². The Kier molecular flexibility index (Phi) is 2.89. The number of aromatic nitrogens is 2. The van der Waals surface area contributed by atoms with Crippen molar-refractivity contribution in [2.75, 3.05) is 5.33 Å². The molecule has 1 aliphatic rings. The number of nitrogens with zero attached hydrogens (tertiary/aromatic N) is 2. The van der Waals surface area contributed by atoms with Gasteiger partial charge in [-0.05, 0) is 28.8 Å². The minimum absolute atomic E-state index is 0.0215. The van der Waals surface area contributed by atoms with Crippen LogP contribution in [0, 0.1) is 0 Å². The van der Waals surface area contributed by atoms with E-state index in [0.29, 0.717) is 10.2 Å². The van der Waals surface area contributed by atoms with E-state index in [4.69, 9.17) is 0 Å². The van der Waals surface area contributed by atoms with Crippen LogP contribution >= 0.6 is 31.9 Å². The fourth-order valence-corrected chi connectivity index (χ4v) is 2.40. The molecule has 4 nitrogen and oxygen atoms in total. The predicted molar refractivity (Wildman–Crippen MR) is 64.1 cm³/mol. The maximum Gasteiger partial charge on any atom is 0.256 e. The second-order valence-corrected chi connectivity index (χ2v) is 5.15. The minimum Gasteiger partial charge on any atom is -0.346 e. The van der Waals surface area contributed by atoms with Crippen LogP contribution < -0.4 is 5.32 Å². The summed E-state index contributed by atoms with van der Waals surface area (Å²) in [5, 5.41) is 7.84. The van der Waals surface area contributed by atoms with E-state index in [1.807, 2.05) is 0 Å². The highest BCUT2D eigenvalue weighted by Gasteiger charge is 2.43. The molecule has 1 fully saturated rings. The summed E-state index contributed by atoms with van der Waals surface area (Å²) < 4.78 is 2.34. The van der Waals surface area contributed by atoms with E-state index in [9.17, 15) is 4.79 Å². The quantitative estimate of drug-likeness (QED) is 0.856. The van der Waals surface area contributed by atoms with E-state index in [0.717, 1.165) is 18.2 Å². The second-order valence-electron chi connectivity index (χ2n) is 3.84. The SMILES string of the molecule is Cn1ncc(C(=O)NC2(CBr)CC2)c1Br. The summed E-state index contributed by atoms with van der Waals surface area (Å²) in [7, 11) is 1.79. The standard InChI is InChI=1S/C9H11Br2N3O/c1-14-7(11)6(4-12-14)8(15)13-9(5-10)2-3-9/h4H,2-3,5H2,1H3,(H,13,15). The zero-order valence-electron chi connectivity index (χ0n) is 8.26. The van der Waals surface area contributed by atoms with Crippen LogP contribution in [0.1, 0.15) is 23.2 Å². The average Bonchev–Trinajstić information content (AvgIpc) is 2.90. The van der Waals surface area contributed by atoms with E-state index in [1.54, 1.807) is 17.9 Å². The lowest BCUT2D eigenvalue weighted by Crippen LogP contribution is -2.38. The zero-order chi connectivity index (χ0) is 11.1. The first-order valence-electron chi connectivity index (χ1n) is 4.64. The van der Waals surface area contributed by atoms with Gasteiger partial charge in [0, 0.05) is 12.4 Å². The highest BCUT2D eigenvalue weighted by molar-refractivity contribution is 9.10. The second kappa shape index (κ2) is 3.90. The lowest BCUT2D eigenvalue weighted by atomic mass is 10.2. The van der Waals surface area contributed by atoms with Gasteiger partial charge in [-0.15, -0.1) is 0 Å². The fourth-order valence-electron chi connectivity index (χ4n) is 1.33. The molecule has 1 amide bonds. The topological polar surface area (TPSA) is 46.9 Å². The van der Waals surface area contributed by atoms with Gasteiger partial charge in [0.05, 0.1) is 17.3 Å². The maximum absolute atomic E-state index is 11.9. The van der Waals surface area contributed by atoms with Crippen LogP contribution in [0.25, 0.3) is 0 Å². The molecule has 1 N–H and O–H groups in total. The summed E-state index contributed by atoms with van der Waals surface area (Å²) in [6.07, 6.45) is 3.66. The van der Waals surface area contributed by atoms with Gasteiger partial charge in [0.15, 0.2) is 0 Å². The number of amides is 1. The monoisotopic (exact) mass is 335 g/mol. The Morgan fingerprint density at radius 2 is 2.40 bits per heavy atom. The van der Waals surface area contributed by atoms with Crippen molar-refractivity contribution >= 4 is 37.8 Å². The first-order valence-corrected chi connectivity index (χ1v) is 6.55. The van der Waals surface area contributed by atoms with Crippen LogP contribution in [0.2, 0.25) is 0 Å². The van der Waals surface area contributed by atoms with Crippen molar-refractivity contribution < 1.29 is 4.79 Å². The number of rotatable bonds is 3. The summed E-state index contributed by atoms with van der Waals surface area (Å²) in [5.41, 5.74) is 0.566. The summed E-state index contributed by atoms with van der Waals surface area (Å²) in [6, 6.07) is 0. The number of nitrogens with one attached hydrogen (secondary N) is 1. The van der Waals surface area contributed by atoms with Crippen LogP contribution in [-0.4, -0.2) is 26.6 Å². The van der Waals surface area contributed by atoms with E-state index >= 15 is 0 Å². The normalized spacial score (nSPS) is 17.5. The van der Waals surface area contributed by atoms with Crippen LogP contribution in [0.4, 0.5) is 0 Å². The molecule has 82 valence electrons. The molecule has 0 bridgehead atoms. The van der Waals surface area contributed by atoms with Gasteiger partial charge in [0.2, 0.25) is 0 Å². The number of carbonyl (C=O) groups excluding carboxylic acids is 1. The van der Waals surface area contributed by atoms with Crippen LogP contribution in [0.15, 0.2) is 10.8 Å². The lowest BCUT2D eigenvalue weighted by Gasteiger charge is -2.13. The predicted octanol–water partition coefficient (Wildman–Crippen LogP) is 1.84. The van der Waals surface area contributed by atoms with Crippen molar-refractivity contribution in [3.63, 3.8) is 0 Å². The molecular formula is C9H11Br2N3O. The summed E-state index contributed by atoms with van der Waals surface area (Å²) in [6.45, 7) is 0. The molecule has 0 spiro atoms. The van der Waals surface area contributed by atoms with Gasteiger partial charge in [-0.2, -0.15) is 5.10 Å². The van der Waals surface area contributed by atoms with Gasteiger partial charge in [-0.1, -0.05) is 15.9 Å². The Balaban J connectivity index is 2.12. The van der Waals surface area contributed by atoms with E-state index < -0.39 is 0 Å². The van der Waals surface area contributed by atoms with E-state index in [-0.39, 0.29) is 11.4 Å². The Bertz CT molecular complexity index is 398. The molecule has 0 atom stereocenters. The molecule has 15 heavy (non-hydrogen) atoms. The molecular weight excluding hydrogens is 326 g/mol. The highest BCUT2D eigenvalue weighted by Crippen LogP contribution is 2.37. The van der Waals surface area contributed by atoms with Crippen molar-refractivity contribution in [2.24, 2.45) is 7.05 Å². The first-order chi connectivity index (χ1) is 7.08. The third kappa shape index (κ3) is 2.10. The number of hydrogen-bond acceptors (Lipinski definition) is 2. The largest absolute Gasteiger partial charge is 0.346 e. The molecule has 1 aliphatic carbocycles. The molecule has 0 aliphatic heterocycles. The number of alkyl halides is 1. The van der Waals surface area contributed by atoms with Gasteiger partial charge >= 0.3 is 0 Å². The Morgan fingerprint density at radius 1 is 1.73 bits per heavy atom. The van der Waals surface area contributed by atoms with Crippen molar-refractivity contribution in [3.05, 3.63) is 16.4 Å². The smallest absolute Gasteiger partial charge is 0.256 e. The Labute approximate surface area is 105 Å². The molecule has 1 aromatic rings. The molecule has 0 aromatic carbocycles. The molecule has 1 saturated carbocycles.